The van der Waals surface area contributed by atoms with Crippen LogP contribution in [0.2, 0.25) is 0 Å². The van der Waals surface area contributed by atoms with Crippen molar-refractivity contribution in [2.24, 2.45) is 0 Å². The predicted molar refractivity (Wildman–Crippen MR) is 364 cm³/mol. The summed E-state index contributed by atoms with van der Waals surface area (Å²) in [4.78, 5) is 0. The Bertz CT molecular complexity index is 5180. The van der Waals surface area contributed by atoms with Crippen LogP contribution >= 0.6 is 0 Å². The van der Waals surface area contributed by atoms with Gasteiger partial charge in [-0.25, -0.2) is 0 Å². The van der Waals surface area contributed by atoms with Gasteiger partial charge in [0.05, 0.1) is 22.1 Å². The lowest BCUT2D eigenvalue weighted by molar-refractivity contribution is 1.18. The third-order valence-electron chi connectivity index (χ3n) is 17.4. The molecule has 2 heteroatoms. The van der Waals surface area contributed by atoms with Gasteiger partial charge in [-0.2, -0.15) is 0 Å². The second-order valence-electron chi connectivity index (χ2n) is 22.4. The molecule has 16 aromatic rings. The topological polar surface area (TPSA) is 9.86 Å². The minimum atomic E-state index is 1.13. The van der Waals surface area contributed by atoms with Crippen LogP contribution in [0.5, 0.6) is 0 Å². The van der Waals surface area contributed by atoms with Crippen molar-refractivity contribution in [3.05, 3.63) is 340 Å². The van der Waals surface area contributed by atoms with Crippen LogP contribution in [0.4, 0.5) is 0 Å². The number of hydrogen-bond acceptors (Lipinski definition) is 0. The van der Waals surface area contributed by atoms with Gasteiger partial charge in [0.25, 0.3) is 0 Å². The van der Waals surface area contributed by atoms with Crippen LogP contribution in [0, 0.1) is 0 Å². The summed E-state index contributed by atoms with van der Waals surface area (Å²) >= 11 is 0. The molecular weight excluding hydrogens is 1040 g/mol. The smallest absolute Gasteiger partial charge is 0.0541 e. The van der Waals surface area contributed by atoms with E-state index >= 15 is 0 Å². The normalized spacial score (nSPS) is 11.5. The third kappa shape index (κ3) is 9.18. The second kappa shape index (κ2) is 21.5. The number of fused-ring (bicyclic) bond motifs is 6. The maximum absolute atomic E-state index is 2.42. The molecule has 2 aromatic heterocycles. The van der Waals surface area contributed by atoms with Crippen molar-refractivity contribution in [2.75, 3.05) is 0 Å². The van der Waals surface area contributed by atoms with Gasteiger partial charge >= 0.3 is 0 Å². The van der Waals surface area contributed by atoms with Crippen molar-refractivity contribution in [3.8, 4) is 112 Å². The van der Waals surface area contributed by atoms with E-state index in [1.807, 2.05) is 0 Å². The highest BCUT2D eigenvalue weighted by Crippen LogP contribution is 2.41. The molecule has 0 unspecified atom stereocenters. The Morgan fingerprint density at radius 3 is 0.826 bits per heavy atom. The van der Waals surface area contributed by atoms with Gasteiger partial charge in [-0.05, 0) is 173 Å². The Hall–Kier alpha value is -11.3. The first kappa shape index (κ1) is 50.4. The number of nitrogens with zero attached hydrogens (tertiary/aromatic N) is 2. The molecular formula is C84H56N2. The Labute approximate surface area is 501 Å². The van der Waals surface area contributed by atoms with Crippen molar-refractivity contribution in [3.63, 3.8) is 0 Å². The van der Waals surface area contributed by atoms with Gasteiger partial charge in [0.2, 0.25) is 0 Å². The van der Waals surface area contributed by atoms with E-state index in [2.05, 4.69) is 349 Å². The average Bonchev–Trinajstić information content (AvgIpc) is 1.91. The van der Waals surface area contributed by atoms with E-state index in [0.29, 0.717) is 0 Å². The zero-order chi connectivity index (χ0) is 56.9. The lowest BCUT2D eigenvalue weighted by Crippen LogP contribution is -1.94. The van der Waals surface area contributed by atoms with Crippen LogP contribution in [0.1, 0.15) is 0 Å². The molecule has 0 N–H and O–H groups in total. The Morgan fingerprint density at radius 2 is 0.395 bits per heavy atom. The highest BCUT2D eigenvalue weighted by atomic mass is 15.0. The first-order valence-electron chi connectivity index (χ1n) is 29.6. The fraction of sp³-hybridized carbons (Fsp3) is 0. The molecule has 0 saturated carbocycles. The Kier molecular flexibility index (Phi) is 12.6. The van der Waals surface area contributed by atoms with Gasteiger partial charge in [0.15, 0.2) is 0 Å². The number of rotatable bonds is 11. The number of para-hydroxylation sites is 2. The maximum atomic E-state index is 2.42. The van der Waals surface area contributed by atoms with Crippen LogP contribution in [0.3, 0.4) is 0 Å². The lowest BCUT2D eigenvalue weighted by Gasteiger charge is -2.12. The largest absolute Gasteiger partial charge is 0.309 e. The molecule has 0 amide bonds. The summed E-state index contributed by atoms with van der Waals surface area (Å²) in [5, 5.41) is 4.95. The van der Waals surface area contributed by atoms with Crippen molar-refractivity contribution in [2.45, 2.75) is 0 Å². The molecule has 0 aliphatic carbocycles. The van der Waals surface area contributed by atoms with Gasteiger partial charge in [0, 0.05) is 32.9 Å². The summed E-state index contributed by atoms with van der Waals surface area (Å²) < 4.78 is 4.84. The van der Waals surface area contributed by atoms with Gasteiger partial charge < -0.3 is 9.13 Å². The van der Waals surface area contributed by atoms with Gasteiger partial charge in [-0.3, -0.25) is 0 Å². The molecule has 2 nitrogen and oxygen atoms in total. The predicted octanol–water partition coefficient (Wildman–Crippen LogP) is 22.9. The molecule has 0 fully saturated rings. The molecule has 16 rings (SSSR count). The molecule has 0 atom stereocenters. The van der Waals surface area contributed by atoms with E-state index in [-0.39, 0.29) is 0 Å². The van der Waals surface area contributed by atoms with Gasteiger partial charge in [-0.15, -0.1) is 0 Å². The molecule has 0 radical (unpaired) electrons. The van der Waals surface area contributed by atoms with Crippen LogP contribution in [0.25, 0.3) is 155 Å². The van der Waals surface area contributed by atoms with Crippen LogP contribution in [0.15, 0.2) is 340 Å². The van der Waals surface area contributed by atoms with E-state index < -0.39 is 0 Å². The van der Waals surface area contributed by atoms with E-state index in [0.717, 1.165) is 11.4 Å². The number of aromatic nitrogens is 2. The molecule has 0 bridgehead atoms. The van der Waals surface area contributed by atoms with Crippen LogP contribution < -0.4 is 0 Å². The Morgan fingerprint density at radius 1 is 0.140 bits per heavy atom. The molecule has 86 heavy (non-hydrogen) atoms. The summed E-state index contributed by atoms with van der Waals surface area (Å²) in [6, 6.07) is 124. The average molecular weight is 1090 g/mol. The summed E-state index contributed by atoms with van der Waals surface area (Å²) in [6.07, 6.45) is 0. The third-order valence-corrected chi connectivity index (χ3v) is 17.4. The van der Waals surface area contributed by atoms with E-state index in [9.17, 15) is 0 Å². The summed E-state index contributed by atoms with van der Waals surface area (Å²) in [7, 11) is 0. The second-order valence-corrected chi connectivity index (χ2v) is 22.4. The molecule has 0 spiro atoms. The molecule has 2 heterocycles. The highest BCUT2D eigenvalue weighted by Gasteiger charge is 2.18. The van der Waals surface area contributed by atoms with Crippen molar-refractivity contribution in [1.82, 2.24) is 9.13 Å². The van der Waals surface area contributed by atoms with E-state index in [4.69, 9.17) is 0 Å². The summed E-state index contributed by atoms with van der Waals surface area (Å²) in [5.74, 6) is 0. The molecule has 0 aliphatic rings. The summed E-state index contributed by atoms with van der Waals surface area (Å²) in [5.41, 5.74) is 28.7. The van der Waals surface area contributed by atoms with Crippen molar-refractivity contribution < 1.29 is 0 Å². The number of hydrogen-bond donors (Lipinski definition) is 0. The molecule has 0 saturated heterocycles. The number of benzene rings is 14. The van der Waals surface area contributed by atoms with E-state index in [1.165, 1.54) is 144 Å². The lowest BCUT2D eigenvalue weighted by atomic mass is 9.92. The van der Waals surface area contributed by atoms with Crippen LogP contribution in [-0.2, 0) is 0 Å². The monoisotopic (exact) mass is 1090 g/mol. The van der Waals surface area contributed by atoms with Crippen molar-refractivity contribution in [1.29, 1.82) is 0 Å². The first-order chi connectivity index (χ1) is 42.6. The molecule has 14 aromatic carbocycles. The minimum Gasteiger partial charge on any atom is -0.309 e. The SMILES string of the molecule is c1ccc(-c2cccc(-n3c4ccccc4c4cc(-c5ccc6c(c5)c5ccccc5n6-c5cccc(-c6ccc(-c7ccc(-c8cccc(-c9cccc(-c%10ccc(-c%11ccccc%11-c%11ccccc%11)cc%10)c9)c8)cc7)cc6)c5)ccc43)c2)cc1. The zero-order valence-corrected chi connectivity index (χ0v) is 47.2. The minimum absolute atomic E-state index is 1.13. The Balaban J connectivity index is 0.643. The molecule has 0 aliphatic heterocycles. The fourth-order valence-corrected chi connectivity index (χ4v) is 13.1. The fourth-order valence-electron chi connectivity index (χ4n) is 13.1. The quantitative estimate of drug-likeness (QED) is 0.122. The van der Waals surface area contributed by atoms with Gasteiger partial charge in [-0.1, -0.05) is 267 Å². The zero-order valence-electron chi connectivity index (χ0n) is 47.2. The first-order valence-corrected chi connectivity index (χ1v) is 29.6. The maximum Gasteiger partial charge on any atom is 0.0541 e. The van der Waals surface area contributed by atoms with Crippen LogP contribution in [-0.4, -0.2) is 9.13 Å². The van der Waals surface area contributed by atoms with Gasteiger partial charge in [0.1, 0.15) is 0 Å². The van der Waals surface area contributed by atoms with Crippen molar-refractivity contribution >= 4 is 43.6 Å². The molecule has 402 valence electrons. The highest BCUT2D eigenvalue weighted by molar-refractivity contribution is 6.13. The van der Waals surface area contributed by atoms with E-state index in [1.54, 1.807) is 0 Å². The summed E-state index contributed by atoms with van der Waals surface area (Å²) in [6.45, 7) is 0. The standard InChI is InChI=1S/C84H56N2/c1-3-17-57(18-4-1)69-25-15-27-73(53-69)85-81-33-11-9-31-77(81)79-55-71(47-49-83(79)85)72-48-50-84-80(56-72)78-32-10-12-34-82(78)86(84)74-28-16-26-70(54-74)62-41-37-59(38-42-62)58-35-39-60(40-36-58)65-21-13-23-67(51-65)68-24-14-22-66(52-68)61-43-45-64(46-44-61)76-30-8-7-29-75(76)63-19-5-2-6-20-63/h1-56H.